The number of nitrogens with zero attached hydrogens (tertiary/aromatic N) is 3. The van der Waals surface area contributed by atoms with Gasteiger partial charge in [-0.2, -0.15) is 0 Å². The van der Waals surface area contributed by atoms with Gasteiger partial charge in [0.1, 0.15) is 0 Å². The summed E-state index contributed by atoms with van der Waals surface area (Å²) in [5.41, 5.74) is 1.64. The van der Waals surface area contributed by atoms with Crippen LogP contribution in [0.5, 0.6) is 0 Å². The number of carbonyl (C=O) groups is 1. The molecule has 3 aromatic rings. The van der Waals surface area contributed by atoms with Gasteiger partial charge in [-0.3, -0.25) is 4.79 Å². The summed E-state index contributed by atoms with van der Waals surface area (Å²) in [6, 6.07) is 17.0. The molecule has 0 bridgehead atoms. The number of carbonyl (C=O) groups excluding carboxylic acids is 1. The third kappa shape index (κ3) is 4.30. The Labute approximate surface area is 156 Å². The largest absolute Gasteiger partial charge is 0.305 e. The molecule has 0 N–H and O–H groups in total. The van der Waals surface area contributed by atoms with Gasteiger partial charge >= 0.3 is 0 Å². The SMILES string of the molecule is Cn1c(SCCCC(=O)c2ccccc2)nnc1-c1ccccc1Cl. The summed E-state index contributed by atoms with van der Waals surface area (Å²) < 4.78 is 1.94. The Bertz CT molecular complexity index is 864. The van der Waals surface area contributed by atoms with Crippen molar-refractivity contribution in [3.05, 3.63) is 65.2 Å². The van der Waals surface area contributed by atoms with E-state index in [1.807, 2.05) is 66.2 Å². The smallest absolute Gasteiger partial charge is 0.191 e. The molecule has 0 unspecified atom stereocenters. The van der Waals surface area contributed by atoms with Gasteiger partial charge in [0.2, 0.25) is 0 Å². The van der Waals surface area contributed by atoms with E-state index in [0.717, 1.165) is 34.3 Å². The van der Waals surface area contributed by atoms with Gasteiger partial charge < -0.3 is 4.57 Å². The van der Waals surface area contributed by atoms with Crippen LogP contribution >= 0.6 is 23.4 Å². The highest BCUT2D eigenvalue weighted by molar-refractivity contribution is 7.99. The highest BCUT2D eigenvalue weighted by Crippen LogP contribution is 2.28. The zero-order valence-electron chi connectivity index (χ0n) is 13.9. The average molecular weight is 372 g/mol. The van der Waals surface area contributed by atoms with Crippen molar-refractivity contribution >= 4 is 29.1 Å². The third-order valence-electron chi connectivity index (χ3n) is 3.82. The first kappa shape index (κ1) is 17.7. The molecule has 0 saturated heterocycles. The minimum Gasteiger partial charge on any atom is -0.305 e. The molecule has 0 saturated carbocycles. The summed E-state index contributed by atoms with van der Waals surface area (Å²) in [5, 5.41) is 9.97. The van der Waals surface area contributed by atoms with Crippen molar-refractivity contribution < 1.29 is 4.79 Å². The fourth-order valence-electron chi connectivity index (χ4n) is 2.48. The molecule has 1 aromatic heterocycles. The Hall–Kier alpha value is -2.11. The molecular weight excluding hydrogens is 354 g/mol. The molecule has 6 heteroatoms. The predicted molar refractivity (Wildman–Crippen MR) is 102 cm³/mol. The highest BCUT2D eigenvalue weighted by atomic mass is 35.5. The van der Waals surface area contributed by atoms with Crippen LogP contribution < -0.4 is 0 Å². The molecule has 0 atom stereocenters. The summed E-state index contributed by atoms with van der Waals surface area (Å²) in [7, 11) is 1.93. The molecule has 25 heavy (non-hydrogen) atoms. The maximum atomic E-state index is 12.1. The second-order valence-corrected chi connectivity index (χ2v) is 7.06. The van der Waals surface area contributed by atoms with Crippen LogP contribution in [0, 0.1) is 0 Å². The number of benzene rings is 2. The first-order valence-corrected chi connectivity index (χ1v) is 9.38. The molecule has 3 rings (SSSR count). The molecule has 0 radical (unpaired) electrons. The lowest BCUT2D eigenvalue weighted by atomic mass is 10.1. The standard InChI is InChI=1S/C19H18ClN3OS/c1-23-18(15-10-5-6-11-16(15)20)21-22-19(23)25-13-7-12-17(24)14-8-3-2-4-9-14/h2-6,8-11H,7,12-13H2,1H3. The van der Waals surface area contributed by atoms with E-state index in [1.54, 1.807) is 11.8 Å². The highest BCUT2D eigenvalue weighted by Gasteiger charge is 2.13. The van der Waals surface area contributed by atoms with Gasteiger partial charge in [-0.25, -0.2) is 0 Å². The van der Waals surface area contributed by atoms with E-state index in [9.17, 15) is 4.79 Å². The number of aromatic nitrogens is 3. The normalized spacial score (nSPS) is 10.8. The van der Waals surface area contributed by atoms with Crippen LogP contribution in [0.2, 0.25) is 5.02 Å². The van der Waals surface area contributed by atoms with Crippen LogP contribution in [0.25, 0.3) is 11.4 Å². The zero-order valence-corrected chi connectivity index (χ0v) is 15.4. The summed E-state index contributed by atoms with van der Waals surface area (Å²) in [6.45, 7) is 0. The lowest BCUT2D eigenvalue weighted by Gasteiger charge is -2.05. The molecule has 2 aromatic carbocycles. The van der Waals surface area contributed by atoms with Gasteiger partial charge in [-0.1, -0.05) is 65.8 Å². The quantitative estimate of drug-likeness (QED) is 0.337. The van der Waals surface area contributed by atoms with Crippen molar-refractivity contribution in [2.45, 2.75) is 18.0 Å². The number of ketones is 1. The Morgan fingerprint density at radius 2 is 1.80 bits per heavy atom. The maximum Gasteiger partial charge on any atom is 0.191 e. The van der Waals surface area contributed by atoms with E-state index in [4.69, 9.17) is 11.6 Å². The molecule has 0 fully saturated rings. The minimum atomic E-state index is 0.177. The summed E-state index contributed by atoms with van der Waals surface area (Å²) >= 11 is 7.83. The summed E-state index contributed by atoms with van der Waals surface area (Å²) in [6.07, 6.45) is 1.33. The van der Waals surface area contributed by atoms with Crippen LogP contribution in [0.3, 0.4) is 0 Å². The molecule has 128 valence electrons. The minimum absolute atomic E-state index is 0.177. The van der Waals surface area contributed by atoms with Crippen molar-refractivity contribution in [3.8, 4) is 11.4 Å². The van der Waals surface area contributed by atoms with Crippen molar-refractivity contribution in [1.29, 1.82) is 0 Å². The molecule has 0 spiro atoms. The fraction of sp³-hybridized carbons (Fsp3) is 0.211. The number of rotatable bonds is 7. The van der Waals surface area contributed by atoms with Gasteiger partial charge in [0, 0.05) is 30.3 Å². The first-order valence-electron chi connectivity index (χ1n) is 8.02. The second kappa shape index (κ2) is 8.32. The maximum absolute atomic E-state index is 12.1. The van der Waals surface area contributed by atoms with Crippen LogP contribution in [0.1, 0.15) is 23.2 Å². The van der Waals surface area contributed by atoms with Gasteiger partial charge in [0.05, 0.1) is 5.02 Å². The van der Waals surface area contributed by atoms with Gasteiger partial charge in [-0.15, -0.1) is 10.2 Å². The van der Waals surface area contributed by atoms with Crippen LogP contribution in [0.4, 0.5) is 0 Å². The average Bonchev–Trinajstić information content (AvgIpc) is 3.00. The van der Waals surface area contributed by atoms with Gasteiger partial charge in [0.25, 0.3) is 0 Å². The third-order valence-corrected chi connectivity index (χ3v) is 5.26. The lowest BCUT2D eigenvalue weighted by Crippen LogP contribution is -2.00. The molecule has 1 heterocycles. The second-order valence-electron chi connectivity index (χ2n) is 5.59. The lowest BCUT2D eigenvalue weighted by molar-refractivity contribution is 0.0982. The van der Waals surface area contributed by atoms with Crippen molar-refractivity contribution in [3.63, 3.8) is 0 Å². The van der Waals surface area contributed by atoms with E-state index < -0.39 is 0 Å². The van der Waals surface area contributed by atoms with Crippen molar-refractivity contribution in [2.24, 2.45) is 7.05 Å². The van der Waals surface area contributed by atoms with Crippen LogP contribution in [-0.4, -0.2) is 26.3 Å². The van der Waals surface area contributed by atoms with E-state index in [1.165, 1.54) is 0 Å². The van der Waals surface area contributed by atoms with Crippen molar-refractivity contribution in [1.82, 2.24) is 14.8 Å². The Morgan fingerprint density at radius 1 is 1.08 bits per heavy atom. The Morgan fingerprint density at radius 3 is 2.56 bits per heavy atom. The molecule has 0 aliphatic carbocycles. The summed E-state index contributed by atoms with van der Waals surface area (Å²) in [5.74, 6) is 1.73. The van der Waals surface area contributed by atoms with Crippen LogP contribution in [0.15, 0.2) is 59.8 Å². The fourth-order valence-corrected chi connectivity index (χ4v) is 3.55. The van der Waals surface area contributed by atoms with Crippen LogP contribution in [-0.2, 0) is 7.05 Å². The monoisotopic (exact) mass is 371 g/mol. The Balaban J connectivity index is 1.56. The topological polar surface area (TPSA) is 47.8 Å². The number of Topliss-reactive ketones (excluding diaryl/α,β-unsaturated/α-hetero) is 1. The molecule has 0 aliphatic heterocycles. The molecular formula is C19H18ClN3OS. The zero-order chi connectivity index (χ0) is 17.6. The Kier molecular flexibility index (Phi) is 5.89. The van der Waals surface area contributed by atoms with E-state index in [2.05, 4.69) is 10.2 Å². The number of hydrogen-bond donors (Lipinski definition) is 0. The molecule has 0 amide bonds. The number of halogens is 1. The molecule has 0 aliphatic rings. The summed E-state index contributed by atoms with van der Waals surface area (Å²) in [4.78, 5) is 12.1. The van der Waals surface area contributed by atoms with Gasteiger partial charge in [0.15, 0.2) is 16.8 Å². The van der Waals surface area contributed by atoms with E-state index in [-0.39, 0.29) is 5.78 Å². The predicted octanol–water partition coefficient (Wildman–Crippen LogP) is 4.89. The van der Waals surface area contributed by atoms with Crippen molar-refractivity contribution in [2.75, 3.05) is 5.75 Å². The number of thioether (sulfide) groups is 1. The molecule has 4 nitrogen and oxygen atoms in total. The number of hydrogen-bond acceptors (Lipinski definition) is 4. The van der Waals surface area contributed by atoms with E-state index >= 15 is 0 Å². The van der Waals surface area contributed by atoms with E-state index in [0.29, 0.717) is 11.4 Å². The first-order chi connectivity index (χ1) is 12.2. The van der Waals surface area contributed by atoms with Gasteiger partial charge in [-0.05, 0) is 18.6 Å².